The molecule has 0 aromatic heterocycles. The molecule has 27 heavy (non-hydrogen) atoms. The molecule has 0 aliphatic heterocycles. The molecule has 150 valence electrons. The van der Waals surface area contributed by atoms with Gasteiger partial charge in [-0.3, -0.25) is 0 Å². The largest absolute Gasteiger partial charge is 0.492 e. The average molecular weight is 456 g/mol. The van der Waals surface area contributed by atoms with Gasteiger partial charge in [0.25, 0.3) is 0 Å². The molecule has 0 amide bonds. The maximum Gasteiger partial charge on any atom is 0.138 e. The van der Waals surface area contributed by atoms with E-state index in [-0.39, 0.29) is 6.10 Å². The lowest BCUT2D eigenvalue weighted by atomic mass is 10.1. The van der Waals surface area contributed by atoms with E-state index in [9.17, 15) is 0 Å². The van der Waals surface area contributed by atoms with Crippen LogP contribution in [0, 0.1) is 0 Å². The van der Waals surface area contributed by atoms with E-state index in [2.05, 4.69) is 41.9 Å². The Kier molecular flexibility index (Phi) is 10.4. The van der Waals surface area contributed by atoms with E-state index < -0.39 is 0 Å². The molecule has 2 rings (SSSR count). The van der Waals surface area contributed by atoms with Gasteiger partial charge in [-0.25, -0.2) is 0 Å². The van der Waals surface area contributed by atoms with Gasteiger partial charge < -0.3 is 9.47 Å². The summed E-state index contributed by atoms with van der Waals surface area (Å²) < 4.78 is 12.1. The Bertz CT molecular complexity index is 689. The van der Waals surface area contributed by atoms with Gasteiger partial charge in [-0.15, -0.1) is 0 Å². The number of halogens is 2. The van der Waals surface area contributed by atoms with Crippen LogP contribution in [0.1, 0.15) is 65.2 Å². The van der Waals surface area contributed by atoms with E-state index in [1.165, 1.54) is 25.7 Å². The predicted octanol–water partition coefficient (Wildman–Crippen LogP) is 8.17. The molecule has 2 aromatic carbocycles. The quantitative estimate of drug-likeness (QED) is 0.224. The van der Waals surface area contributed by atoms with Crippen LogP contribution in [0.15, 0.2) is 30.3 Å². The molecular formula is C23H32BrClO2. The molecule has 2 nitrogen and oxygen atoms in total. The summed E-state index contributed by atoms with van der Waals surface area (Å²) in [5.74, 6) is 1.69. The van der Waals surface area contributed by atoms with Gasteiger partial charge in [-0.2, -0.15) is 0 Å². The number of hydrogen-bond donors (Lipinski definition) is 0. The normalized spacial score (nSPS) is 12.3. The van der Waals surface area contributed by atoms with E-state index in [0.29, 0.717) is 11.6 Å². The average Bonchev–Trinajstić information content (AvgIpc) is 2.68. The van der Waals surface area contributed by atoms with Gasteiger partial charge in [0.1, 0.15) is 11.5 Å². The highest BCUT2D eigenvalue weighted by Crippen LogP contribution is 2.35. The molecule has 0 radical (unpaired) electrons. The van der Waals surface area contributed by atoms with Gasteiger partial charge in [0.15, 0.2) is 0 Å². The third kappa shape index (κ3) is 7.19. The fraction of sp³-hybridized carbons (Fsp3) is 0.565. The highest BCUT2D eigenvalue weighted by atomic mass is 79.9. The molecule has 1 atom stereocenters. The van der Waals surface area contributed by atoms with Crippen LogP contribution in [0.3, 0.4) is 0 Å². The van der Waals surface area contributed by atoms with Crippen molar-refractivity contribution < 1.29 is 9.47 Å². The Balaban J connectivity index is 2.01. The molecule has 4 heteroatoms. The zero-order valence-corrected chi connectivity index (χ0v) is 18.9. The fourth-order valence-corrected chi connectivity index (χ4v) is 3.84. The number of ether oxygens (including phenoxy) is 2. The minimum Gasteiger partial charge on any atom is -0.492 e. The summed E-state index contributed by atoms with van der Waals surface area (Å²) in [6.45, 7) is 5.13. The Morgan fingerprint density at radius 2 is 1.85 bits per heavy atom. The summed E-state index contributed by atoms with van der Waals surface area (Å²) >= 11 is 10.0. The Morgan fingerprint density at radius 1 is 1.00 bits per heavy atom. The van der Waals surface area contributed by atoms with Gasteiger partial charge in [0, 0.05) is 10.7 Å². The molecule has 0 spiro atoms. The molecule has 0 aliphatic rings. The van der Waals surface area contributed by atoms with Gasteiger partial charge in [0.2, 0.25) is 0 Å². The van der Waals surface area contributed by atoms with Crippen molar-refractivity contribution in [3.63, 3.8) is 0 Å². The van der Waals surface area contributed by atoms with E-state index >= 15 is 0 Å². The zero-order valence-electron chi connectivity index (χ0n) is 16.6. The fourth-order valence-electron chi connectivity index (χ4n) is 3.15. The first-order chi connectivity index (χ1) is 13.2. The summed E-state index contributed by atoms with van der Waals surface area (Å²) in [5, 5.41) is 3.84. The van der Waals surface area contributed by atoms with E-state index in [1.54, 1.807) is 0 Å². The minimum atomic E-state index is 0.284. The molecule has 1 unspecified atom stereocenters. The van der Waals surface area contributed by atoms with Gasteiger partial charge in [-0.05, 0) is 68.2 Å². The summed E-state index contributed by atoms with van der Waals surface area (Å²) in [6.07, 6.45) is 9.55. The van der Waals surface area contributed by atoms with Crippen LogP contribution in [0.25, 0.3) is 10.8 Å². The Labute approximate surface area is 177 Å². The Hall–Kier alpha value is -0.930. The van der Waals surface area contributed by atoms with Crippen molar-refractivity contribution >= 4 is 38.3 Å². The van der Waals surface area contributed by atoms with Crippen molar-refractivity contribution in [1.29, 1.82) is 0 Å². The van der Waals surface area contributed by atoms with Crippen LogP contribution in [0.5, 0.6) is 11.5 Å². The lowest BCUT2D eigenvalue weighted by Crippen LogP contribution is -2.15. The van der Waals surface area contributed by atoms with Crippen LogP contribution >= 0.6 is 27.5 Å². The minimum absolute atomic E-state index is 0.284. The topological polar surface area (TPSA) is 18.5 Å². The van der Waals surface area contributed by atoms with Crippen molar-refractivity contribution in [2.24, 2.45) is 0 Å². The highest BCUT2D eigenvalue weighted by Gasteiger charge is 2.11. The summed E-state index contributed by atoms with van der Waals surface area (Å²) in [7, 11) is 0. The molecule has 0 aliphatic carbocycles. The first-order valence-electron chi connectivity index (χ1n) is 10.3. The van der Waals surface area contributed by atoms with Gasteiger partial charge in [-0.1, -0.05) is 60.3 Å². The summed E-state index contributed by atoms with van der Waals surface area (Å²) in [5.41, 5.74) is 0. The van der Waals surface area contributed by atoms with Gasteiger partial charge in [0.05, 0.1) is 17.7 Å². The summed E-state index contributed by atoms with van der Waals surface area (Å²) in [4.78, 5) is 0. The second kappa shape index (κ2) is 12.5. The van der Waals surface area contributed by atoms with Crippen molar-refractivity contribution in [3.05, 3.63) is 35.4 Å². The van der Waals surface area contributed by atoms with Gasteiger partial charge >= 0.3 is 0 Å². The maximum atomic E-state index is 6.58. The highest BCUT2D eigenvalue weighted by molar-refractivity contribution is 9.09. The van der Waals surface area contributed by atoms with E-state index in [1.807, 2.05) is 18.2 Å². The predicted molar refractivity (Wildman–Crippen MR) is 121 cm³/mol. The number of benzene rings is 2. The molecular weight excluding hydrogens is 424 g/mol. The number of unbranched alkanes of at least 4 members (excludes halogenated alkanes) is 4. The molecule has 0 heterocycles. The maximum absolute atomic E-state index is 6.58. The van der Waals surface area contributed by atoms with Crippen molar-refractivity contribution in [2.75, 3.05) is 11.9 Å². The van der Waals surface area contributed by atoms with Crippen LogP contribution in [-0.2, 0) is 0 Å². The smallest absolute Gasteiger partial charge is 0.138 e. The number of fused-ring (bicyclic) bond motifs is 1. The standard InChI is InChI=1S/C23H32BrClO2/c1-3-5-7-10-19(4-2)27-20-12-13-21-18(17-20)11-14-22(23(21)25)26-16-9-6-8-15-24/h11-14,17,19H,3-10,15-16H2,1-2H3. The van der Waals surface area contributed by atoms with Crippen LogP contribution < -0.4 is 9.47 Å². The van der Waals surface area contributed by atoms with Crippen LogP contribution in [0.2, 0.25) is 5.02 Å². The SMILES string of the molecule is CCCCCC(CC)Oc1ccc2c(Cl)c(OCCCCCBr)ccc2c1. The van der Waals surface area contributed by atoms with Crippen molar-refractivity contribution in [3.8, 4) is 11.5 Å². The number of rotatable bonds is 13. The Morgan fingerprint density at radius 3 is 2.59 bits per heavy atom. The lowest BCUT2D eigenvalue weighted by molar-refractivity contribution is 0.183. The van der Waals surface area contributed by atoms with E-state index in [0.717, 1.165) is 53.3 Å². The molecule has 0 N–H and O–H groups in total. The lowest BCUT2D eigenvalue weighted by Gasteiger charge is -2.18. The first kappa shape index (κ1) is 22.4. The third-order valence-corrected chi connectivity index (χ3v) is 5.76. The second-order valence-electron chi connectivity index (χ2n) is 7.00. The molecule has 0 fully saturated rings. The molecule has 0 saturated carbocycles. The monoisotopic (exact) mass is 454 g/mol. The second-order valence-corrected chi connectivity index (χ2v) is 8.17. The van der Waals surface area contributed by atoms with E-state index in [4.69, 9.17) is 21.1 Å². The van der Waals surface area contributed by atoms with Crippen LogP contribution in [0.4, 0.5) is 0 Å². The number of alkyl halides is 1. The summed E-state index contributed by atoms with van der Waals surface area (Å²) in [6, 6.07) is 10.2. The first-order valence-corrected chi connectivity index (χ1v) is 11.8. The van der Waals surface area contributed by atoms with Crippen LogP contribution in [-0.4, -0.2) is 18.0 Å². The van der Waals surface area contributed by atoms with Crippen molar-refractivity contribution in [1.82, 2.24) is 0 Å². The molecule has 2 aromatic rings. The molecule has 0 bridgehead atoms. The molecule has 0 saturated heterocycles. The number of hydrogen-bond acceptors (Lipinski definition) is 2. The van der Waals surface area contributed by atoms with Crippen molar-refractivity contribution in [2.45, 2.75) is 71.3 Å². The third-order valence-electron chi connectivity index (χ3n) is 4.81. The zero-order chi connectivity index (χ0) is 19.5.